The number of hydrogen-bond donors (Lipinski definition) is 1. The second-order valence-electron chi connectivity index (χ2n) is 6.05. The number of nitrogens with zero attached hydrogens (tertiary/aromatic N) is 1. The zero-order valence-electron chi connectivity index (χ0n) is 11.9. The van der Waals surface area contributed by atoms with Crippen molar-refractivity contribution in [2.24, 2.45) is 5.92 Å². The zero-order valence-corrected chi connectivity index (χ0v) is 12.6. The molecule has 0 bridgehead atoms. The van der Waals surface area contributed by atoms with Crippen LogP contribution in [0, 0.1) is 5.92 Å². The quantitative estimate of drug-likeness (QED) is 0.924. The largest absolute Gasteiger partial charge is 0.342 e. The maximum atomic E-state index is 12.8. The highest BCUT2D eigenvalue weighted by atomic mass is 35.5. The Hall–Kier alpha value is -1.06. The number of carbonyl (C=O) groups excluding carboxylic acids is 1. The molecule has 1 aliphatic heterocycles. The van der Waals surface area contributed by atoms with E-state index in [4.69, 9.17) is 11.6 Å². The first kappa shape index (κ1) is 13.9. The van der Waals surface area contributed by atoms with Crippen molar-refractivity contribution in [2.75, 3.05) is 26.7 Å². The highest BCUT2D eigenvalue weighted by Gasteiger charge is 2.53. The maximum Gasteiger partial charge on any atom is 0.233 e. The third kappa shape index (κ3) is 2.45. The molecular weight excluding hydrogens is 272 g/mol. The van der Waals surface area contributed by atoms with Crippen molar-refractivity contribution in [2.45, 2.75) is 24.7 Å². The van der Waals surface area contributed by atoms with Crippen molar-refractivity contribution in [1.29, 1.82) is 0 Å². The Morgan fingerprint density at radius 1 is 1.40 bits per heavy atom. The topological polar surface area (TPSA) is 32.3 Å². The molecule has 1 N–H and O–H groups in total. The fourth-order valence-electron chi connectivity index (χ4n) is 3.30. The normalized spacial score (nSPS) is 23.9. The summed E-state index contributed by atoms with van der Waals surface area (Å²) in [6.07, 6.45) is 3.06. The summed E-state index contributed by atoms with van der Waals surface area (Å²) in [4.78, 5) is 14.9. The first-order valence-corrected chi connectivity index (χ1v) is 7.73. The Morgan fingerprint density at radius 2 is 2.10 bits per heavy atom. The fourth-order valence-corrected chi connectivity index (χ4v) is 3.42. The van der Waals surface area contributed by atoms with Gasteiger partial charge in [0.15, 0.2) is 0 Å². The molecule has 3 rings (SSSR count). The van der Waals surface area contributed by atoms with Crippen LogP contribution < -0.4 is 5.32 Å². The molecule has 20 heavy (non-hydrogen) atoms. The van der Waals surface area contributed by atoms with Crippen LogP contribution in [-0.2, 0) is 10.2 Å². The summed E-state index contributed by atoms with van der Waals surface area (Å²) in [5, 5.41) is 3.94. The average Bonchev–Trinajstić information content (AvgIpc) is 3.13. The average molecular weight is 293 g/mol. The maximum absolute atomic E-state index is 12.8. The van der Waals surface area contributed by atoms with Crippen LogP contribution in [-0.4, -0.2) is 37.5 Å². The zero-order chi connectivity index (χ0) is 14.2. The summed E-state index contributed by atoms with van der Waals surface area (Å²) in [6.45, 7) is 2.80. The van der Waals surface area contributed by atoms with E-state index in [0.717, 1.165) is 49.5 Å². The first-order chi connectivity index (χ1) is 9.65. The van der Waals surface area contributed by atoms with Crippen LogP contribution in [0.3, 0.4) is 0 Å². The molecule has 1 saturated carbocycles. The van der Waals surface area contributed by atoms with E-state index in [-0.39, 0.29) is 5.41 Å². The first-order valence-electron chi connectivity index (χ1n) is 7.36. The van der Waals surface area contributed by atoms with E-state index in [1.807, 2.05) is 31.3 Å². The lowest BCUT2D eigenvalue weighted by molar-refractivity contribution is -0.133. The van der Waals surface area contributed by atoms with E-state index in [1.165, 1.54) is 0 Å². The minimum Gasteiger partial charge on any atom is -0.342 e. The van der Waals surface area contributed by atoms with E-state index >= 15 is 0 Å². The Balaban J connectivity index is 1.72. The van der Waals surface area contributed by atoms with Gasteiger partial charge in [0.1, 0.15) is 0 Å². The molecule has 2 aliphatic rings. The van der Waals surface area contributed by atoms with Gasteiger partial charge in [-0.1, -0.05) is 23.7 Å². The highest BCUT2D eigenvalue weighted by Crippen LogP contribution is 2.50. The second-order valence-corrected chi connectivity index (χ2v) is 6.49. The van der Waals surface area contributed by atoms with Gasteiger partial charge in [-0.05, 0) is 56.5 Å². The number of halogens is 1. The molecule has 1 atom stereocenters. The van der Waals surface area contributed by atoms with Gasteiger partial charge in [0.25, 0.3) is 0 Å². The predicted molar refractivity (Wildman–Crippen MR) is 81.0 cm³/mol. The van der Waals surface area contributed by atoms with Crippen LogP contribution >= 0.6 is 11.6 Å². The van der Waals surface area contributed by atoms with Gasteiger partial charge in [-0.15, -0.1) is 0 Å². The van der Waals surface area contributed by atoms with Crippen LogP contribution in [0.5, 0.6) is 0 Å². The van der Waals surface area contributed by atoms with Crippen molar-refractivity contribution in [3.63, 3.8) is 0 Å². The van der Waals surface area contributed by atoms with E-state index in [2.05, 4.69) is 10.2 Å². The number of nitrogens with one attached hydrogen (secondary N) is 1. The van der Waals surface area contributed by atoms with Crippen LogP contribution in [0.15, 0.2) is 24.3 Å². The Bertz CT molecular complexity index is 496. The summed E-state index contributed by atoms with van der Waals surface area (Å²) in [5.74, 6) is 0.920. The minimum atomic E-state index is -0.251. The number of amides is 1. The molecule has 0 radical (unpaired) electrons. The van der Waals surface area contributed by atoms with Crippen molar-refractivity contribution >= 4 is 17.5 Å². The van der Waals surface area contributed by atoms with E-state index in [1.54, 1.807) is 0 Å². The van der Waals surface area contributed by atoms with Crippen molar-refractivity contribution in [3.8, 4) is 0 Å². The molecule has 4 heteroatoms. The molecule has 3 nitrogen and oxygen atoms in total. The molecule has 2 fully saturated rings. The third-order valence-corrected chi connectivity index (χ3v) is 4.87. The van der Waals surface area contributed by atoms with Crippen LogP contribution in [0.25, 0.3) is 0 Å². The van der Waals surface area contributed by atoms with E-state index in [0.29, 0.717) is 11.8 Å². The Labute approximate surface area is 125 Å². The summed E-state index contributed by atoms with van der Waals surface area (Å²) >= 11 is 5.94. The summed E-state index contributed by atoms with van der Waals surface area (Å²) in [7, 11) is 1.97. The van der Waals surface area contributed by atoms with Gasteiger partial charge in [0.05, 0.1) is 5.41 Å². The monoisotopic (exact) mass is 292 g/mol. The summed E-state index contributed by atoms with van der Waals surface area (Å²) in [6, 6.07) is 7.79. The molecule has 1 amide bonds. The van der Waals surface area contributed by atoms with Gasteiger partial charge in [-0.3, -0.25) is 4.79 Å². The van der Waals surface area contributed by atoms with Crippen molar-refractivity contribution in [1.82, 2.24) is 10.2 Å². The number of rotatable bonds is 4. The van der Waals surface area contributed by atoms with Gasteiger partial charge in [0, 0.05) is 18.1 Å². The summed E-state index contributed by atoms with van der Waals surface area (Å²) < 4.78 is 0. The van der Waals surface area contributed by atoms with E-state index < -0.39 is 0 Å². The molecule has 1 saturated heterocycles. The van der Waals surface area contributed by atoms with Crippen molar-refractivity contribution < 1.29 is 4.79 Å². The van der Waals surface area contributed by atoms with Gasteiger partial charge in [0.2, 0.25) is 5.91 Å². The SMILES string of the molecule is CNCC1CCN(C(=O)C2(c3ccc(Cl)cc3)CC2)C1. The highest BCUT2D eigenvalue weighted by molar-refractivity contribution is 6.30. The molecule has 1 aromatic rings. The van der Waals surface area contributed by atoms with Gasteiger partial charge < -0.3 is 10.2 Å². The van der Waals surface area contributed by atoms with Crippen molar-refractivity contribution in [3.05, 3.63) is 34.9 Å². The molecule has 0 spiro atoms. The minimum absolute atomic E-state index is 0.251. The molecular formula is C16H21ClN2O. The number of carbonyl (C=O) groups is 1. The molecule has 1 heterocycles. The van der Waals surface area contributed by atoms with Gasteiger partial charge in [-0.2, -0.15) is 0 Å². The summed E-state index contributed by atoms with van der Waals surface area (Å²) in [5.41, 5.74) is 0.878. The molecule has 108 valence electrons. The lowest BCUT2D eigenvalue weighted by Gasteiger charge is -2.23. The number of hydrogen-bond acceptors (Lipinski definition) is 2. The Kier molecular flexibility index (Phi) is 3.74. The van der Waals surface area contributed by atoms with Gasteiger partial charge >= 0.3 is 0 Å². The Morgan fingerprint density at radius 3 is 2.70 bits per heavy atom. The lowest BCUT2D eigenvalue weighted by Crippen LogP contribution is -2.38. The van der Waals surface area contributed by atoms with Crippen LogP contribution in [0.4, 0.5) is 0 Å². The number of benzene rings is 1. The lowest BCUT2D eigenvalue weighted by atomic mass is 9.94. The van der Waals surface area contributed by atoms with E-state index in [9.17, 15) is 4.79 Å². The molecule has 1 aromatic carbocycles. The smallest absolute Gasteiger partial charge is 0.233 e. The predicted octanol–water partition coefficient (Wildman–Crippen LogP) is 2.44. The standard InChI is InChI=1S/C16H21ClN2O/c1-18-10-12-6-9-19(11-12)15(20)16(7-8-16)13-2-4-14(17)5-3-13/h2-5,12,18H,6-11H2,1H3. The van der Waals surface area contributed by atoms with Gasteiger partial charge in [-0.25, -0.2) is 0 Å². The third-order valence-electron chi connectivity index (χ3n) is 4.62. The van der Waals surface area contributed by atoms with Crippen LogP contribution in [0.1, 0.15) is 24.8 Å². The fraction of sp³-hybridized carbons (Fsp3) is 0.562. The molecule has 1 aliphatic carbocycles. The second kappa shape index (κ2) is 5.38. The molecule has 1 unspecified atom stereocenters. The van der Waals surface area contributed by atoms with Crippen LogP contribution in [0.2, 0.25) is 5.02 Å². The molecule has 0 aromatic heterocycles. The number of likely N-dealkylation sites (tertiary alicyclic amines) is 1.